The van der Waals surface area contributed by atoms with Crippen LogP contribution in [0.3, 0.4) is 0 Å². The number of ether oxygens (including phenoxy) is 1. The predicted molar refractivity (Wildman–Crippen MR) is 137 cm³/mol. The van der Waals surface area contributed by atoms with Crippen LogP contribution in [0.2, 0.25) is 0 Å². The molecule has 0 aromatic heterocycles. The molecule has 0 aliphatic carbocycles. The summed E-state index contributed by atoms with van der Waals surface area (Å²) >= 11 is 0. The minimum absolute atomic E-state index is 0.245. The van der Waals surface area contributed by atoms with E-state index in [1.807, 2.05) is 42.5 Å². The molecule has 6 aromatic carbocycles. The second-order valence-electron chi connectivity index (χ2n) is 8.31. The summed E-state index contributed by atoms with van der Waals surface area (Å²) < 4.78 is 6.40. The molecule has 0 saturated heterocycles. The standard InChI is InChI=1S/C31H22O2/c32-25-18-24-15-14-22-10-4-6-12-26(22)30(24)28(19-25)31-27-13-7-5-11-23(27)16-17-29(31)33-20-21-8-2-1-3-9-21/h1-19,32H,20H2. The first-order valence-corrected chi connectivity index (χ1v) is 11.1. The fourth-order valence-electron chi connectivity index (χ4n) is 4.71. The van der Waals surface area contributed by atoms with Gasteiger partial charge in [0.1, 0.15) is 18.1 Å². The Balaban J connectivity index is 1.66. The van der Waals surface area contributed by atoms with Crippen LogP contribution in [0.15, 0.2) is 115 Å². The highest BCUT2D eigenvalue weighted by molar-refractivity contribution is 6.18. The molecule has 33 heavy (non-hydrogen) atoms. The Morgan fingerprint density at radius 2 is 1.21 bits per heavy atom. The monoisotopic (exact) mass is 426 g/mol. The highest BCUT2D eigenvalue weighted by atomic mass is 16.5. The Labute approximate surface area is 192 Å². The molecule has 0 amide bonds. The zero-order chi connectivity index (χ0) is 22.2. The normalized spacial score (nSPS) is 11.3. The van der Waals surface area contributed by atoms with Crippen LogP contribution >= 0.6 is 0 Å². The fourth-order valence-corrected chi connectivity index (χ4v) is 4.71. The molecule has 0 bridgehead atoms. The van der Waals surface area contributed by atoms with E-state index in [0.717, 1.165) is 49.4 Å². The van der Waals surface area contributed by atoms with Crippen LogP contribution in [0.1, 0.15) is 5.56 Å². The third-order valence-electron chi connectivity index (χ3n) is 6.22. The number of fused-ring (bicyclic) bond motifs is 4. The van der Waals surface area contributed by atoms with Crippen molar-refractivity contribution in [1.82, 2.24) is 0 Å². The van der Waals surface area contributed by atoms with E-state index in [1.165, 1.54) is 5.39 Å². The van der Waals surface area contributed by atoms with Gasteiger partial charge < -0.3 is 9.84 Å². The number of rotatable bonds is 4. The molecule has 6 aromatic rings. The quantitative estimate of drug-likeness (QED) is 0.289. The first-order valence-electron chi connectivity index (χ1n) is 11.1. The van der Waals surface area contributed by atoms with Gasteiger partial charge in [-0.1, -0.05) is 97.1 Å². The van der Waals surface area contributed by atoms with E-state index in [4.69, 9.17) is 4.74 Å². The molecule has 6 rings (SSSR count). The molecule has 0 aliphatic heterocycles. The van der Waals surface area contributed by atoms with Gasteiger partial charge in [-0.2, -0.15) is 0 Å². The van der Waals surface area contributed by atoms with Crippen molar-refractivity contribution in [2.75, 3.05) is 0 Å². The lowest BCUT2D eigenvalue weighted by Gasteiger charge is -2.18. The summed E-state index contributed by atoms with van der Waals surface area (Å²) in [6.45, 7) is 0.476. The highest BCUT2D eigenvalue weighted by Gasteiger charge is 2.17. The van der Waals surface area contributed by atoms with Crippen molar-refractivity contribution in [3.05, 3.63) is 121 Å². The summed E-state index contributed by atoms with van der Waals surface area (Å²) in [5, 5.41) is 17.4. The van der Waals surface area contributed by atoms with Crippen molar-refractivity contribution >= 4 is 32.3 Å². The average Bonchev–Trinajstić information content (AvgIpc) is 2.87. The zero-order valence-corrected chi connectivity index (χ0v) is 18.0. The van der Waals surface area contributed by atoms with Gasteiger partial charge in [-0.15, -0.1) is 0 Å². The Morgan fingerprint density at radius 1 is 0.576 bits per heavy atom. The van der Waals surface area contributed by atoms with Gasteiger partial charge in [-0.3, -0.25) is 0 Å². The number of hydrogen-bond acceptors (Lipinski definition) is 2. The molecule has 1 N–H and O–H groups in total. The van der Waals surface area contributed by atoms with Gasteiger partial charge in [-0.25, -0.2) is 0 Å². The van der Waals surface area contributed by atoms with Gasteiger partial charge in [0.2, 0.25) is 0 Å². The molecule has 0 heterocycles. The van der Waals surface area contributed by atoms with Crippen LogP contribution < -0.4 is 4.74 Å². The number of benzene rings is 6. The second kappa shape index (κ2) is 7.99. The van der Waals surface area contributed by atoms with Gasteiger partial charge in [-0.05, 0) is 61.6 Å². The molecular formula is C31H22O2. The topological polar surface area (TPSA) is 29.5 Å². The molecule has 0 saturated carbocycles. The van der Waals surface area contributed by atoms with Crippen LogP contribution in [-0.4, -0.2) is 5.11 Å². The van der Waals surface area contributed by atoms with Crippen molar-refractivity contribution in [2.24, 2.45) is 0 Å². The van der Waals surface area contributed by atoms with E-state index >= 15 is 0 Å². The molecule has 0 fully saturated rings. The summed E-state index contributed by atoms with van der Waals surface area (Å²) in [5.74, 6) is 1.05. The van der Waals surface area contributed by atoms with Gasteiger partial charge in [0.05, 0.1) is 0 Å². The Kier molecular flexibility index (Phi) is 4.70. The smallest absolute Gasteiger partial charge is 0.128 e. The van der Waals surface area contributed by atoms with Crippen molar-refractivity contribution in [2.45, 2.75) is 6.61 Å². The minimum Gasteiger partial charge on any atom is -0.508 e. The lowest BCUT2D eigenvalue weighted by atomic mass is 9.90. The van der Waals surface area contributed by atoms with E-state index in [9.17, 15) is 5.11 Å². The number of phenolic OH excluding ortho intramolecular Hbond substituents is 1. The summed E-state index contributed by atoms with van der Waals surface area (Å²) in [5.41, 5.74) is 3.09. The molecule has 2 nitrogen and oxygen atoms in total. The van der Waals surface area contributed by atoms with E-state index in [0.29, 0.717) is 6.61 Å². The molecule has 2 heteroatoms. The van der Waals surface area contributed by atoms with Crippen molar-refractivity contribution in [1.29, 1.82) is 0 Å². The van der Waals surface area contributed by atoms with E-state index in [2.05, 4.69) is 72.8 Å². The molecule has 158 valence electrons. The molecule has 0 spiro atoms. The minimum atomic E-state index is 0.245. The van der Waals surface area contributed by atoms with E-state index < -0.39 is 0 Å². The fraction of sp³-hybridized carbons (Fsp3) is 0.0323. The average molecular weight is 427 g/mol. The van der Waals surface area contributed by atoms with Crippen LogP contribution in [0, 0.1) is 0 Å². The van der Waals surface area contributed by atoms with Crippen LogP contribution in [0.4, 0.5) is 0 Å². The molecule has 0 radical (unpaired) electrons. The predicted octanol–water partition coefficient (Wildman–Crippen LogP) is 8.10. The van der Waals surface area contributed by atoms with Crippen LogP contribution in [0.25, 0.3) is 43.4 Å². The molecule has 0 unspecified atom stereocenters. The number of aromatic hydroxyl groups is 1. The van der Waals surface area contributed by atoms with E-state index in [1.54, 1.807) is 0 Å². The number of phenols is 1. The molecular weight excluding hydrogens is 404 g/mol. The van der Waals surface area contributed by atoms with Crippen LogP contribution in [0.5, 0.6) is 11.5 Å². The van der Waals surface area contributed by atoms with Gasteiger partial charge >= 0.3 is 0 Å². The van der Waals surface area contributed by atoms with Crippen LogP contribution in [-0.2, 0) is 6.61 Å². The Morgan fingerprint density at radius 3 is 2.03 bits per heavy atom. The third-order valence-corrected chi connectivity index (χ3v) is 6.22. The summed E-state index contributed by atoms with van der Waals surface area (Å²) in [7, 11) is 0. The Bertz CT molecular complexity index is 1620. The molecule has 0 atom stereocenters. The second-order valence-corrected chi connectivity index (χ2v) is 8.31. The summed E-state index contributed by atoms with van der Waals surface area (Å²) in [6, 6.07) is 39.0. The van der Waals surface area contributed by atoms with Gasteiger partial charge in [0.15, 0.2) is 0 Å². The SMILES string of the molecule is Oc1cc(-c2c(OCc3ccccc3)ccc3ccccc23)c2c(ccc3ccccc32)c1. The van der Waals surface area contributed by atoms with Gasteiger partial charge in [0.25, 0.3) is 0 Å². The van der Waals surface area contributed by atoms with Crippen molar-refractivity contribution in [3.8, 4) is 22.6 Å². The zero-order valence-electron chi connectivity index (χ0n) is 18.0. The van der Waals surface area contributed by atoms with E-state index in [-0.39, 0.29) is 5.75 Å². The summed E-state index contributed by atoms with van der Waals surface area (Å²) in [6.07, 6.45) is 0. The molecule has 0 aliphatic rings. The maximum Gasteiger partial charge on any atom is 0.128 e. The maximum atomic E-state index is 10.7. The first kappa shape index (κ1) is 19.4. The summed E-state index contributed by atoms with van der Waals surface area (Å²) in [4.78, 5) is 0. The largest absolute Gasteiger partial charge is 0.508 e. The highest BCUT2D eigenvalue weighted by Crippen LogP contribution is 2.44. The maximum absolute atomic E-state index is 10.7. The van der Waals surface area contributed by atoms with Crippen molar-refractivity contribution in [3.63, 3.8) is 0 Å². The number of hydrogen-bond donors (Lipinski definition) is 1. The third kappa shape index (κ3) is 3.46. The Hall–Kier alpha value is -4.30. The van der Waals surface area contributed by atoms with Crippen molar-refractivity contribution < 1.29 is 9.84 Å². The van der Waals surface area contributed by atoms with Gasteiger partial charge in [0, 0.05) is 5.56 Å². The lowest BCUT2D eigenvalue weighted by molar-refractivity contribution is 0.308. The lowest BCUT2D eigenvalue weighted by Crippen LogP contribution is -1.98. The first-order chi connectivity index (χ1) is 16.3.